The number of amides is 2. The number of hydrogen-bond acceptors (Lipinski definition) is 3. The number of hydrogen-bond donors (Lipinski definition) is 1. The third-order valence-corrected chi connectivity index (χ3v) is 3.87. The zero-order valence-corrected chi connectivity index (χ0v) is 14.0. The van der Waals surface area contributed by atoms with Crippen LogP contribution in [-0.4, -0.2) is 40.1 Å². The molecular weight excluding hydrogens is 292 g/mol. The molecule has 2 rings (SSSR count). The number of benzene rings is 1. The Labute approximate surface area is 136 Å². The normalized spacial score (nSPS) is 10.4. The maximum absolute atomic E-state index is 12.4. The molecule has 0 saturated heterocycles. The first kappa shape index (κ1) is 16.7. The van der Waals surface area contributed by atoms with Gasteiger partial charge in [0.1, 0.15) is 0 Å². The van der Waals surface area contributed by atoms with E-state index < -0.39 is 0 Å². The summed E-state index contributed by atoms with van der Waals surface area (Å²) in [5, 5.41) is 6.92. The Morgan fingerprint density at radius 3 is 2.61 bits per heavy atom. The van der Waals surface area contributed by atoms with E-state index in [0.717, 1.165) is 23.4 Å². The number of aryl methyl sites for hydroxylation is 2. The summed E-state index contributed by atoms with van der Waals surface area (Å²) >= 11 is 0. The molecule has 122 valence electrons. The van der Waals surface area contributed by atoms with Gasteiger partial charge in [-0.1, -0.05) is 25.1 Å². The molecule has 1 aromatic carbocycles. The topological polar surface area (TPSA) is 67.2 Å². The maximum Gasteiger partial charge on any atom is 0.257 e. The predicted molar refractivity (Wildman–Crippen MR) is 89.4 cm³/mol. The van der Waals surface area contributed by atoms with E-state index in [2.05, 4.69) is 10.4 Å². The van der Waals surface area contributed by atoms with Gasteiger partial charge in [0.05, 0.1) is 18.3 Å². The average molecular weight is 314 g/mol. The highest BCUT2D eigenvalue weighted by atomic mass is 16.2. The molecule has 1 N–H and O–H groups in total. The molecule has 0 aliphatic heterocycles. The third kappa shape index (κ3) is 3.77. The zero-order valence-electron chi connectivity index (χ0n) is 14.0. The Morgan fingerprint density at radius 2 is 2.00 bits per heavy atom. The van der Waals surface area contributed by atoms with E-state index >= 15 is 0 Å². The Hall–Kier alpha value is -2.63. The fourth-order valence-electron chi connectivity index (χ4n) is 2.34. The number of aromatic nitrogens is 2. The molecule has 0 fully saturated rings. The number of carbonyl (C=O) groups is 2. The molecule has 0 aliphatic carbocycles. The van der Waals surface area contributed by atoms with Crippen LogP contribution < -0.4 is 5.32 Å². The lowest BCUT2D eigenvalue weighted by atomic mass is 10.1. The Kier molecular flexibility index (Phi) is 5.16. The van der Waals surface area contributed by atoms with E-state index in [4.69, 9.17) is 0 Å². The molecule has 1 heterocycles. The fourth-order valence-corrected chi connectivity index (χ4v) is 2.34. The first-order valence-electron chi connectivity index (χ1n) is 7.55. The molecule has 0 aliphatic rings. The van der Waals surface area contributed by atoms with Crippen molar-refractivity contribution >= 4 is 17.5 Å². The standard InChI is InChI=1S/C17H22N4O2/c1-5-13-8-6-7-9-15(13)19-16(22)11-20(3)17(23)14-10-18-21(4)12(14)2/h6-10H,5,11H2,1-4H3,(H,19,22). The summed E-state index contributed by atoms with van der Waals surface area (Å²) in [6, 6.07) is 7.66. The Balaban J connectivity index is 2.02. The van der Waals surface area contributed by atoms with E-state index in [9.17, 15) is 9.59 Å². The molecule has 1 aromatic heterocycles. The van der Waals surface area contributed by atoms with E-state index in [1.165, 1.54) is 11.1 Å². The van der Waals surface area contributed by atoms with Gasteiger partial charge in [0.25, 0.3) is 5.91 Å². The lowest BCUT2D eigenvalue weighted by Gasteiger charge is -2.17. The van der Waals surface area contributed by atoms with Crippen molar-refractivity contribution in [3.8, 4) is 0 Å². The van der Waals surface area contributed by atoms with E-state index in [1.54, 1.807) is 18.8 Å². The number of anilines is 1. The van der Waals surface area contributed by atoms with Crippen LogP contribution in [0.1, 0.15) is 28.5 Å². The Morgan fingerprint density at radius 1 is 1.30 bits per heavy atom. The van der Waals surface area contributed by atoms with Crippen molar-refractivity contribution in [2.24, 2.45) is 7.05 Å². The van der Waals surface area contributed by atoms with Crippen molar-refractivity contribution < 1.29 is 9.59 Å². The van der Waals surface area contributed by atoms with Gasteiger partial charge in [-0.2, -0.15) is 5.10 Å². The van der Waals surface area contributed by atoms with Gasteiger partial charge in [-0.3, -0.25) is 14.3 Å². The van der Waals surface area contributed by atoms with Gasteiger partial charge >= 0.3 is 0 Å². The smallest absolute Gasteiger partial charge is 0.257 e. The average Bonchev–Trinajstić information content (AvgIpc) is 2.86. The number of likely N-dealkylation sites (N-methyl/N-ethyl adjacent to an activating group) is 1. The van der Waals surface area contributed by atoms with Gasteiger partial charge in [0.15, 0.2) is 0 Å². The second-order valence-corrected chi connectivity index (χ2v) is 5.49. The minimum absolute atomic E-state index is 0.00871. The van der Waals surface area contributed by atoms with E-state index in [1.807, 2.05) is 38.1 Å². The second kappa shape index (κ2) is 7.09. The number of para-hydroxylation sites is 1. The zero-order chi connectivity index (χ0) is 17.0. The van der Waals surface area contributed by atoms with Crippen molar-refractivity contribution in [1.82, 2.24) is 14.7 Å². The highest BCUT2D eigenvalue weighted by molar-refractivity contribution is 5.99. The molecule has 0 bridgehead atoms. The molecule has 2 aromatic rings. The molecule has 6 heteroatoms. The van der Waals surface area contributed by atoms with Crippen LogP contribution in [0, 0.1) is 6.92 Å². The van der Waals surface area contributed by atoms with Gasteiger partial charge in [-0.15, -0.1) is 0 Å². The molecule has 2 amide bonds. The van der Waals surface area contributed by atoms with Gasteiger partial charge in [-0.05, 0) is 25.0 Å². The van der Waals surface area contributed by atoms with Gasteiger partial charge in [0, 0.05) is 25.5 Å². The molecule has 0 saturated carbocycles. The molecule has 0 radical (unpaired) electrons. The van der Waals surface area contributed by atoms with Crippen molar-refractivity contribution in [1.29, 1.82) is 0 Å². The minimum Gasteiger partial charge on any atom is -0.332 e. The van der Waals surface area contributed by atoms with Crippen molar-refractivity contribution in [3.05, 3.63) is 47.3 Å². The first-order valence-corrected chi connectivity index (χ1v) is 7.55. The number of nitrogens with one attached hydrogen (secondary N) is 1. The van der Waals surface area contributed by atoms with Crippen LogP contribution in [0.4, 0.5) is 5.69 Å². The lowest BCUT2D eigenvalue weighted by Crippen LogP contribution is -2.35. The van der Waals surface area contributed by atoms with Gasteiger partial charge in [0.2, 0.25) is 5.91 Å². The largest absolute Gasteiger partial charge is 0.332 e. The number of carbonyl (C=O) groups excluding carboxylic acids is 2. The molecule has 6 nitrogen and oxygen atoms in total. The van der Waals surface area contributed by atoms with Crippen LogP contribution in [0.3, 0.4) is 0 Å². The van der Waals surface area contributed by atoms with E-state index in [-0.39, 0.29) is 18.4 Å². The minimum atomic E-state index is -0.219. The van der Waals surface area contributed by atoms with Crippen LogP contribution in [0.15, 0.2) is 30.5 Å². The molecule has 23 heavy (non-hydrogen) atoms. The van der Waals surface area contributed by atoms with Gasteiger partial charge in [-0.25, -0.2) is 0 Å². The molecule has 0 atom stereocenters. The molecule has 0 spiro atoms. The highest BCUT2D eigenvalue weighted by Gasteiger charge is 2.19. The van der Waals surface area contributed by atoms with Crippen LogP contribution >= 0.6 is 0 Å². The summed E-state index contributed by atoms with van der Waals surface area (Å²) in [6.45, 7) is 3.85. The summed E-state index contributed by atoms with van der Waals surface area (Å²) in [7, 11) is 3.39. The number of rotatable bonds is 5. The predicted octanol–water partition coefficient (Wildman–Crippen LogP) is 2.00. The summed E-state index contributed by atoms with van der Waals surface area (Å²) < 4.78 is 1.64. The van der Waals surface area contributed by atoms with Crippen LogP contribution in [0.25, 0.3) is 0 Å². The summed E-state index contributed by atoms with van der Waals surface area (Å²) in [5.74, 6) is -0.433. The number of nitrogens with zero attached hydrogens (tertiary/aromatic N) is 3. The van der Waals surface area contributed by atoms with Gasteiger partial charge < -0.3 is 10.2 Å². The molecular formula is C17H22N4O2. The molecule has 0 unspecified atom stereocenters. The fraction of sp³-hybridized carbons (Fsp3) is 0.353. The second-order valence-electron chi connectivity index (χ2n) is 5.49. The summed E-state index contributed by atoms with van der Waals surface area (Å²) in [5.41, 5.74) is 3.15. The third-order valence-electron chi connectivity index (χ3n) is 3.87. The van der Waals surface area contributed by atoms with Crippen molar-refractivity contribution in [2.75, 3.05) is 18.9 Å². The monoisotopic (exact) mass is 314 g/mol. The Bertz CT molecular complexity index is 721. The SMILES string of the molecule is CCc1ccccc1NC(=O)CN(C)C(=O)c1cnn(C)c1C. The maximum atomic E-state index is 12.4. The summed E-state index contributed by atoms with van der Waals surface area (Å²) in [4.78, 5) is 26.0. The first-order chi connectivity index (χ1) is 10.9. The summed E-state index contributed by atoms with van der Waals surface area (Å²) in [6.07, 6.45) is 2.36. The van der Waals surface area contributed by atoms with Crippen molar-refractivity contribution in [2.45, 2.75) is 20.3 Å². The lowest BCUT2D eigenvalue weighted by molar-refractivity contribution is -0.116. The van der Waals surface area contributed by atoms with Crippen LogP contribution in [-0.2, 0) is 18.3 Å². The van der Waals surface area contributed by atoms with Crippen LogP contribution in [0.5, 0.6) is 0 Å². The quantitative estimate of drug-likeness (QED) is 0.918. The van der Waals surface area contributed by atoms with E-state index in [0.29, 0.717) is 5.56 Å². The highest BCUT2D eigenvalue weighted by Crippen LogP contribution is 2.15. The van der Waals surface area contributed by atoms with Crippen LogP contribution in [0.2, 0.25) is 0 Å². The van der Waals surface area contributed by atoms with Crippen molar-refractivity contribution in [3.63, 3.8) is 0 Å².